The molecule has 0 aliphatic carbocycles. The predicted molar refractivity (Wildman–Crippen MR) is 87.0 cm³/mol. The highest BCUT2D eigenvalue weighted by molar-refractivity contribution is 5.29. The summed E-state index contributed by atoms with van der Waals surface area (Å²) >= 11 is 0. The van der Waals surface area contributed by atoms with Gasteiger partial charge in [-0.25, -0.2) is 0 Å². The molecule has 1 spiro atoms. The van der Waals surface area contributed by atoms with Gasteiger partial charge >= 0.3 is 0 Å². The van der Waals surface area contributed by atoms with Crippen LogP contribution < -0.4 is 10.1 Å². The number of rotatable bonds is 4. The quantitative estimate of drug-likeness (QED) is 0.922. The average molecular weight is 288 g/mol. The van der Waals surface area contributed by atoms with Gasteiger partial charge in [0, 0.05) is 13.1 Å². The Bertz CT molecular complexity index is 451. The molecule has 1 unspecified atom stereocenters. The van der Waals surface area contributed by atoms with Gasteiger partial charge in [-0.1, -0.05) is 19.1 Å². The van der Waals surface area contributed by atoms with Crippen molar-refractivity contribution in [2.24, 2.45) is 5.41 Å². The summed E-state index contributed by atoms with van der Waals surface area (Å²) in [6.45, 7) is 8.52. The third-order valence-electron chi connectivity index (χ3n) is 5.40. The predicted octanol–water partition coefficient (Wildman–Crippen LogP) is 2.87. The number of likely N-dealkylation sites (tertiary alicyclic amines) is 1. The number of piperidine rings is 1. The first kappa shape index (κ1) is 14.9. The first-order valence-electron chi connectivity index (χ1n) is 8.28. The molecule has 2 saturated heterocycles. The van der Waals surface area contributed by atoms with Gasteiger partial charge in [0.25, 0.3) is 0 Å². The lowest BCUT2D eigenvalue weighted by atomic mass is 9.78. The third kappa shape index (κ3) is 3.41. The molecule has 0 radical (unpaired) electrons. The fourth-order valence-corrected chi connectivity index (χ4v) is 3.97. The van der Waals surface area contributed by atoms with Gasteiger partial charge in [-0.2, -0.15) is 0 Å². The highest BCUT2D eigenvalue weighted by atomic mass is 16.5. The maximum absolute atomic E-state index is 5.24. The SMILES string of the molecule is COc1ccc(C(C)CN2CCC3(CCNCC3)C2)cc1. The van der Waals surface area contributed by atoms with Crippen molar-refractivity contribution in [2.75, 3.05) is 39.8 Å². The van der Waals surface area contributed by atoms with E-state index in [9.17, 15) is 0 Å². The van der Waals surface area contributed by atoms with Gasteiger partial charge in [0.15, 0.2) is 0 Å². The fourth-order valence-electron chi connectivity index (χ4n) is 3.97. The summed E-state index contributed by atoms with van der Waals surface area (Å²) in [4.78, 5) is 2.68. The molecule has 1 aromatic rings. The molecule has 1 N–H and O–H groups in total. The highest BCUT2D eigenvalue weighted by Crippen LogP contribution is 2.39. The van der Waals surface area contributed by atoms with E-state index >= 15 is 0 Å². The first-order chi connectivity index (χ1) is 10.2. The summed E-state index contributed by atoms with van der Waals surface area (Å²) in [5.74, 6) is 1.54. The van der Waals surface area contributed by atoms with Crippen LogP contribution in [0.5, 0.6) is 5.75 Å². The Balaban J connectivity index is 1.56. The number of methoxy groups -OCH3 is 1. The Morgan fingerprint density at radius 1 is 1.19 bits per heavy atom. The normalized spacial score (nSPS) is 23.3. The van der Waals surface area contributed by atoms with Gasteiger partial charge < -0.3 is 15.0 Å². The molecular weight excluding hydrogens is 260 g/mol. The number of nitrogens with zero attached hydrogens (tertiary/aromatic N) is 1. The molecule has 0 amide bonds. The molecule has 2 heterocycles. The molecule has 2 aliphatic heterocycles. The Labute approximate surface area is 128 Å². The van der Waals surface area contributed by atoms with Crippen molar-refractivity contribution in [2.45, 2.75) is 32.1 Å². The van der Waals surface area contributed by atoms with Crippen molar-refractivity contribution < 1.29 is 4.74 Å². The van der Waals surface area contributed by atoms with Crippen molar-refractivity contribution in [3.63, 3.8) is 0 Å². The molecule has 1 aromatic carbocycles. The van der Waals surface area contributed by atoms with E-state index in [1.807, 2.05) is 0 Å². The van der Waals surface area contributed by atoms with E-state index in [0.717, 1.165) is 5.75 Å². The second-order valence-corrected chi connectivity index (χ2v) is 6.91. The van der Waals surface area contributed by atoms with Gasteiger partial charge in [-0.15, -0.1) is 0 Å². The number of nitrogens with one attached hydrogen (secondary N) is 1. The molecule has 0 aromatic heterocycles. The molecule has 116 valence electrons. The van der Waals surface area contributed by atoms with Crippen molar-refractivity contribution in [1.29, 1.82) is 0 Å². The first-order valence-corrected chi connectivity index (χ1v) is 8.28. The highest BCUT2D eigenvalue weighted by Gasteiger charge is 2.38. The number of hydrogen-bond donors (Lipinski definition) is 1. The zero-order chi connectivity index (χ0) is 14.7. The van der Waals surface area contributed by atoms with Gasteiger partial charge in [-0.3, -0.25) is 0 Å². The van der Waals surface area contributed by atoms with Crippen LogP contribution in [0.2, 0.25) is 0 Å². The number of hydrogen-bond acceptors (Lipinski definition) is 3. The Hall–Kier alpha value is -1.06. The molecule has 3 rings (SSSR count). The van der Waals surface area contributed by atoms with E-state index in [0.29, 0.717) is 11.3 Å². The van der Waals surface area contributed by atoms with E-state index < -0.39 is 0 Å². The van der Waals surface area contributed by atoms with E-state index in [1.165, 1.54) is 57.5 Å². The van der Waals surface area contributed by atoms with Crippen LogP contribution in [0.15, 0.2) is 24.3 Å². The van der Waals surface area contributed by atoms with Crippen LogP contribution in [0.4, 0.5) is 0 Å². The molecule has 21 heavy (non-hydrogen) atoms. The Morgan fingerprint density at radius 3 is 2.57 bits per heavy atom. The maximum atomic E-state index is 5.24. The molecule has 1 atom stereocenters. The van der Waals surface area contributed by atoms with Crippen molar-refractivity contribution in [3.8, 4) is 5.75 Å². The van der Waals surface area contributed by atoms with Crippen LogP contribution >= 0.6 is 0 Å². The van der Waals surface area contributed by atoms with E-state index in [1.54, 1.807) is 7.11 Å². The molecular formula is C18H28N2O. The molecule has 0 saturated carbocycles. The lowest BCUT2D eigenvalue weighted by Crippen LogP contribution is -2.39. The second kappa shape index (κ2) is 6.37. The largest absolute Gasteiger partial charge is 0.497 e. The minimum atomic E-state index is 0.591. The summed E-state index contributed by atoms with van der Waals surface area (Å²) < 4.78 is 5.24. The minimum absolute atomic E-state index is 0.591. The second-order valence-electron chi connectivity index (χ2n) is 6.91. The van der Waals surface area contributed by atoms with Gasteiger partial charge in [0.1, 0.15) is 5.75 Å². The number of ether oxygens (including phenoxy) is 1. The Morgan fingerprint density at radius 2 is 1.90 bits per heavy atom. The number of benzene rings is 1. The molecule has 3 heteroatoms. The average Bonchev–Trinajstić information content (AvgIpc) is 2.90. The van der Waals surface area contributed by atoms with Gasteiger partial charge in [0.2, 0.25) is 0 Å². The molecule has 2 aliphatic rings. The smallest absolute Gasteiger partial charge is 0.118 e. The molecule has 3 nitrogen and oxygen atoms in total. The molecule has 2 fully saturated rings. The zero-order valence-electron chi connectivity index (χ0n) is 13.4. The monoisotopic (exact) mass is 288 g/mol. The third-order valence-corrected chi connectivity index (χ3v) is 5.40. The summed E-state index contributed by atoms with van der Waals surface area (Å²) in [5, 5.41) is 3.50. The van der Waals surface area contributed by atoms with Gasteiger partial charge in [-0.05, 0) is 67.9 Å². The van der Waals surface area contributed by atoms with E-state index in [4.69, 9.17) is 4.74 Å². The minimum Gasteiger partial charge on any atom is -0.497 e. The Kier molecular flexibility index (Phi) is 4.51. The van der Waals surface area contributed by atoms with E-state index in [-0.39, 0.29) is 0 Å². The van der Waals surface area contributed by atoms with Crippen LogP contribution in [0.25, 0.3) is 0 Å². The van der Waals surface area contributed by atoms with Crippen LogP contribution in [0.3, 0.4) is 0 Å². The van der Waals surface area contributed by atoms with Crippen molar-refractivity contribution >= 4 is 0 Å². The lowest BCUT2D eigenvalue weighted by molar-refractivity contribution is 0.193. The van der Waals surface area contributed by atoms with Crippen LogP contribution in [-0.2, 0) is 0 Å². The van der Waals surface area contributed by atoms with Crippen LogP contribution in [0, 0.1) is 5.41 Å². The van der Waals surface area contributed by atoms with Crippen molar-refractivity contribution in [3.05, 3.63) is 29.8 Å². The summed E-state index contributed by atoms with van der Waals surface area (Å²) in [6, 6.07) is 8.56. The van der Waals surface area contributed by atoms with E-state index in [2.05, 4.69) is 41.4 Å². The lowest BCUT2D eigenvalue weighted by Gasteiger charge is -2.34. The van der Waals surface area contributed by atoms with Gasteiger partial charge in [0.05, 0.1) is 7.11 Å². The summed E-state index contributed by atoms with van der Waals surface area (Å²) in [6.07, 6.45) is 4.12. The maximum Gasteiger partial charge on any atom is 0.118 e. The molecule has 0 bridgehead atoms. The summed E-state index contributed by atoms with van der Waals surface area (Å²) in [5.41, 5.74) is 2.03. The summed E-state index contributed by atoms with van der Waals surface area (Å²) in [7, 11) is 1.72. The standard InChI is InChI=1S/C18H28N2O/c1-15(16-3-5-17(21-2)6-4-16)13-20-12-9-18(14-20)7-10-19-11-8-18/h3-6,15,19H,7-14H2,1-2H3. The van der Waals surface area contributed by atoms with Crippen molar-refractivity contribution in [1.82, 2.24) is 10.2 Å². The zero-order valence-corrected chi connectivity index (χ0v) is 13.4. The topological polar surface area (TPSA) is 24.5 Å². The van der Waals surface area contributed by atoms with Crippen LogP contribution in [-0.4, -0.2) is 44.7 Å². The van der Waals surface area contributed by atoms with Crippen LogP contribution in [0.1, 0.15) is 37.7 Å². The fraction of sp³-hybridized carbons (Fsp3) is 0.667.